The summed E-state index contributed by atoms with van der Waals surface area (Å²) in [6.07, 6.45) is 3.93. The zero-order valence-corrected chi connectivity index (χ0v) is 8.27. The average Bonchev–Trinajstić information content (AvgIpc) is 2.25. The fourth-order valence-corrected chi connectivity index (χ4v) is 1.06. The van der Waals surface area contributed by atoms with Crippen LogP contribution in [0.15, 0.2) is 24.5 Å². The number of hydrogen-bond donors (Lipinski definition) is 2. The highest BCUT2D eigenvalue weighted by Crippen LogP contribution is 1.95. The van der Waals surface area contributed by atoms with Crippen LogP contribution in [0.3, 0.4) is 0 Å². The number of amides is 2. The van der Waals surface area contributed by atoms with Gasteiger partial charge in [-0.15, -0.1) is 0 Å². The molecule has 0 bridgehead atoms. The quantitative estimate of drug-likeness (QED) is 0.670. The second kappa shape index (κ2) is 5.74. The topological polar surface area (TPSA) is 85.1 Å². The molecule has 0 aliphatic heterocycles. The highest BCUT2D eigenvalue weighted by molar-refractivity contribution is 5.93. The molecule has 2 amide bonds. The molecule has 0 radical (unpaired) electrons. The highest BCUT2D eigenvalue weighted by atomic mass is 16.2. The number of carbonyl (C=O) groups excluding carboxylic acids is 2. The van der Waals surface area contributed by atoms with Crippen LogP contribution in [-0.2, 0) is 4.79 Å². The van der Waals surface area contributed by atoms with E-state index in [1.807, 2.05) is 0 Å². The van der Waals surface area contributed by atoms with Crippen molar-refractivity contribution >= 4 is 11.8 Å². The van der Waals surface area contributed by atoms with E-state index in [-0.39, 0.29) is 18.2 Å². The maximum atomic E-state index is 11.4. The lowest BCUT2D eigenvalue weighted by Crippen LogP contribution is -2.25. The second-order valence-electron chi connectivity index (χ2n) is 3.07. The molecule has 1 aromatic heterocycles. The molecule has 1 aromatic rings. The van der Waals surface area contributed by atoms with Crippen molar-refractivity contribution < 1.29 is 9.59 Å². The Bertz CT molecular complexity index is 338. The third-order valence-electron chi connectivity index (χ3n) is 1.81. The summed E-state index contributed by atoms with van der Waals surface area (Å²) in [5, 5.41) is 2.67. The zero-order chi connectivity index (χ0) is 11.1. The molecular weight excluding hydrogens is 194 g/mol. The van der Waals surface area contributed by atoms with Crippen LogP contribution in [0.2, 0.25) is 0 Å². The minimum Gasteiger partial charge on any atom is -0.370 e. The van der Waals surface area contributed by atoms with Gasteiger partial charge in [0.2, 0.25) is 5.91 Å². The number of primary amides is 1. The molecule has 1 rings (SSSR count). The van der Waals surface area contributed by atoms with Crippen LogP contribution < -0.4 is 11.1 Å². The monoisotopic (exact) mass is 207 g/mol. The first-order valence-electron chi connectivity index (χ1n) is 4.66. The van der Waals surface area contributed by atoms with Gasteiger partial charge in [-0.2, -0.15) is 0 Å². The molecule has 1 heterocycles. The van der Waals surface area contributed by atoms with E-state index in [1.165, 1.54) is 6.20 Å². The summed E-state index contributed by atoms with van der Waals surface area (Å²) < 4.78 is 0. The Morgan fingerprint density at radius 1 is 1.47 bits per heavy atom. The Hall–Kier alpha value is -1.91. The standard InChI is InChI=1S/C10H13N3O2/c11-9(14)4-2-6-13-10(15)8-3-1-5-12-7-8/h1,3,5,7H,2,4,6H2,(H2,11,14)(H,13,15). The van der Waals surface area contributed by atoms with E-state index < -0.39 is 0 Å². The second-order valence-corrected chi connectivity index (χ2v) is 3.07. The van der Waals surface area contributed by atoms with Gasteiger partial charge in [-0.05, 0) is 18.6 Å². The van der Waals surface area contributed by atoms with Crippen molar-refractivity contribution in [3.8, 4) is 0 Å². The Labute approximate surface area is 87.7 Å². The summed E-state index contributed by atoms with van der Waals surface area (Å²) in [5.41, 5.74) is 5.47. The smallest absolute Gasteiger partial charge is 0.252 e. The zero-order valence-electron chi connectivity index (χ0n) is 8.27. The molecule has 0 aromatic carbocycles. The molecule has 5 heteroatoms. The third kappa shape index (κ3) is 4.21. The summed E-state index contributed by atoms with van der Waals surface area (Å²) in [4.78, 5) is 25.7. The number of rotatable bonds is 5. The molecule has 0 unspecified atom stereocenters. The maximum absolute atomic E-state index is 11.4. The van der Waals surface area contributed by atoms with E-state index in [9.17, 15) is 9.59 Å². The molecule has 0 spiro atoms. The van der Waals surface area contributed by atoms with Crippen molar-refractivity contribution in [3.05, 3.63) is 30.1 Å². The van der Waals surface area contributed by atoms with Gasteiger partial charge < -0.3 is 11.1 Å². The van der Waals surface area contributed by atoms with Gasteiger partial charge in [0.25, 0.3) is 5.91 Å². The molecule has 0 fully saturated rings. The first-order chi connectivity index (χ1) is 7.20. The molecule has 0 atom stereocenters. The molecule has 3 N–H and O–H groups in total. The largest absolute Gasteiger partial charge is 0.370 e. The number of nitrogens with one attached hydrogen (secondary N) is 1. The first-order valence-corrected chi connectivity index (χ1v) is 4.66. The summed E-state index contributed by atoms with van der Waals surface area (Å²) in [6.45, 7) is 0.441. The molecule has 0 saturated heterocycles. The minimum atomic E-state index is -0.356. The Morgan fingerprint density at radius 3 is 2.87 bits per heavy atom. The van der Waals surface area contributed by atoms with Gasteiger partial charge in [-0.25, -0.2) is 0 Å². The maximum Gasteiger partial charge on any atom is 0.252 e. The Morgan fingerprint density at radius 2 is 2.27 bits per heavy atom. The van der Waals surface area contributed by atoms with Gasteiger partial charge in [-0.1, -0.05) is 0 Å². The van der Waals surface area contributed by atoms with Crippen molar-refractivity contribution in [1.82, 2.24) is 10.3 Å². The first kappa shape index (κ1) is 11.2. The highest BCUT2D eigenvalue weighted by Gasteiger charge is 2.03. The van der Waals surface area contributed by atoms with E-state index in [4.69, 9.17) is 5.73 Å². The van der Waals surface area contributed by atoms with E-state index >= 15 is 0 Å². The van der Waals surface area contributed by atoms with Gasteiger partial charge >= 0.3 is 0 Å². The summed E-state index contributed by atoms with van der Waals surface area (Å²) in [5.74, 6) is -0.543. The van der Waals surface area contributed by atoms with Crippen molar-refractivity contribution in [1.29, 1.82) is 0 Å². The number of pyridine rings is 1. The number of aromatic nitrogens is 1. The number of nitrogens with two attached hydrogens (primary N) is 1. The number of hydrogen-bond acceptors (Lipinski definition) is 3. The molecule has 0 saturated carbocycles. The lowest BCUT2D eigenvalue weighted by atomic mass is 10.2. The summed E-state index contributed by atoms with van der Waals surface area (Å²) in [6, 6.07) is 3.37. The van der Waals surface area contributed by atoms with Gasteiger partial charge in [0.1, 0.15) is 0 Å². The van der Waals surface area contributed by atoms with E-state index in [2.05, 4.69) is 10.3 Å². The molecule has 80 valence electrons. The predicted molar refractivity (Wildman–Crippen MR) is 55.0 cm³/mol. The van der Waals surface area contributed by atoms with E-state index in [0.717, 1.165) is 0 Å². The molecule has 0 aliphatic carbocycles. The van der Waals surface area contributed by atoms with E-state index in [0.29, 0.717) is 18.5 Å². The number of carbonyl (C=O) groups is 2. The molecule has 0 aliphatic rings. The minimum absolute atomic E-state index is 0.187. The van der Waals surface area contributed by atoms with Crippen LogP contribution in [-0.4, -0.2) is 23.3 Å². The van der Waals surface area contributed by atoms with Crippen LogP contribution >= 0.6 is 0 Å². The van der Waals surface area contributed by atoms with Crippen molar-refractivity contribution in [3.63, 3.8) is 0 Å². The van der Waals surface area contributed by atoms with Gasteiger partial charge in [0.15, 0.2) is 0 Å². The molecule has 5 nitrogen and oxygen atoms in total. The van der Waals surface area contributed by atoms with Crippen molar-refractivity contribution in [2.75, 3.05) is 6.54 Å². The van der Waals surface area contributed by atoms with Crippen LogP contribution in [0, 0.1) is 0 Å². The molecular formula is C10H13N3O2. The van der Waals surface area contributed by atoms with E-state index in [1.54, 1.807) is 18.3 Å². The molecule has 15 heavy (non-hydrogen) atoms. The third-order valence-corrected chi connectivity index (χ3v) is 1.81. The van der Waals surface area contributed by atoms with Gasteiger partial charge in [0.05, 0.1) is 5.56 Å². The Balaban J connectivity index is 2.28. The average molecular weight is 207 g/mol. The van der Waals surface area contributed by atoms with Crippen molar-refractivity contribution in [2.45, 2.75) is 12.8 Å². The van der Waals surface area contributed by atoms with Crippen LogP contribution in [0.1, 0.15) is 23.2 Å². The summed E-state index contributed by atoms with van der Waals surface area (Å²) >= 11 is 0. The fraction of sp³-hybridized carbons (Fsp3) is 0.300. The lowest BCUT2D eigenvalue weighted by molar-refractivity contribution is -0.118. The number of nitrogens with zero attached hydrogens (tertiary/aromatic N) is 1. The lowest BCUT2D eigenvalue weighted by Gasteiger charge is -2.03. The predicted octanol–water partition coefficient (Wildman–Crippen LogP) is 0.0769. The van der Waals surface area contributed by atoms with Crippen LogP contribution in [0.4, 0.5) is 0 Å². The SMILES string of the molecule is NC(=O)CCCNC(=O)c1cccnc1. The van der Waals surface area contributed by atoms with Gasteiger partial charge in [0, 0.05) is 25.4 Å². The fourth-order valence-electron chi connectivity index (χ4n) is 1.06. The summed E-state index contributed by atoms with van der Waals surface area (Å²) in [7, 11) is 0. The normalized spacial score (nSPS) is 9.60. The van der Waals surface area contributed by atoms with Crippen LogP contribution in [0.5, 0.6) is 0 Å². The van der Waals surface area contributed by atoms with Gasteiger partial charge in [-0.3, -0.25) is 14.6 Å². The van der Waals surface area contributed by atoms with Crippen molar-refractivity contribution in [2.24, 2.45) is 5.73 Å². The van der Waals surface area contributed by atoms with Crippen LogP contribution in [0.25, 0.3) is 0 Å². The Kier molecular flexibility index (Phi) is 4.28.